The van der Waals surface area contributed by atoms with Crippen LogP contribution in [-0.4, -0.2) is 18.2 Å². The fourth-order valence-electron chi connectivity index (χ4n) is 2.28. The molecule has 0 aliphatic heterocycles. The van der Waals surface area contributed by atoms with E-state index in [1.807, 2.05) is 17.5 Å². The molecular formula is C14H21N3O2S2. The average molecular weight is 327 g/mol. The number of hydrogen-bond donors (Lipinski definition) is 1. The first kappa shape index (κ1) is 16.2. The summed E-state index contributed by atoms with van der Waals surface area (Å²) in [6.45, 7) is 5.88. The van der Waals surface area contributed by atoms with Crippen LogP contribution in [0.5, 0.6) is 0 Å². The fraction of sp³-hybridized carbons (Fsp3) is 0.500. The summed E-state index contributed by atoms with van der Waals surface area (Å²) in [6, 6.07) is 3.71. The molecule has 0 aliphatic carbocycles. The third-order valence-electron chi connectivity index (χ3n) is 3.15. The molecule has 2 rings (SSSR count). The monoisotopic (exact) mass is 327 g/mol. The summed E-state index contributed by atoms with van der Waals surface area (Å²) in [7, 11) is -1.85. The minimum atomic E-state index is -3.57. The Morgan fingerprint density at radius 3 is 2.62 bits per heavy atom. The van der Waals surface area contributed by atoms with E-state index in [4.69, 9.17) is 0 Å². The Morgan fingerprint density at radius 2 is 2.14 bits per heavy atom. The Labute approximate surface area is 130 Å². The molecule has 0 amide bonds. The molecule has 0 saturated carbocycles. The van der Waals surface area contributed by atoms with E-state index >= 15 is 0 Å². The minimum Gasteiger partial charge on any atom is -0.274 e. The fourth-order valence-corrected chi connectivity index (χ4v) is 4.59. The van der Waals surface area contributed by atoms with Gasteiger partial charge in [-0.1, -0.05) is 19.9 Å². The van der Waals surface area contributed by atoms with Gasteiger partial charge >= 0.3 is 0 Å². The second-order valence-electron chi connectivity index (χ2n) is 5.57. The Morgan fingerprint density at radius 1 is 1.43 bits per heavy atom. The molecule has 2 aromatic rings. The van der Waals surface area contributed by atoms with Crippen molar-refractivity contribution in [1.82, 2.24) is 14.5 Å². The summed E-state index contributed by atoms with van der Waals surface area (Å²) in [5.74, 6) is 0.398. The van der Waals surface area contributed by atoms with Crippen LogP contribution < -0.4 is 4.72 Å². The van der Waals surface area contributed by atoms with E-state index in [2.05, 4.69) is 23.7 Å². The summed E-state index contributed by atoms with van der Waals surface area (Å²) in [5, 5.41) is 6.07. The SMILES string of the molecule is Cc1nn(C)cc1S(=O)(=O)NC(CC(C)C)c1cccs1. The van der Waals surface area contributed by atoms with E-state index in [0.29, 0.717) is 11.6 Å². The highest BCUT2D eigenvalue weighted by Gasteiger charge is 2.25. The number of rotatable bonds is 6. The van der Waals surface area contributed by atoms with Crippen LogP contribution in [0.3, 0.4) is 0 Å². The lowest BCUT2D eigenvalue weighted by Crippen LogP contribution is -2.29. The van der Waals surface area contributed by atoms with Crippen LogP contribution in [-0.2, 0) is 17.1 Å². The van der Waals surface area contributed by atoms with Gasteiger partial charge in [0.1, 0.15) is 4.90 Å². The molecule has 5 nitrogen and oxygen atoms in total. The largest absolute Gasteiger partial charge is 0.274 e. The lowest BCUT2D eigenvalue weighted by Gasteiger charge is -2.19. The first-order valence-electron chi connectivity index (χ1n) is 6.85. The molecule has 0 radical (unpaired) electrons. The van der Waals surface area contributed by atoms with Gasteiger partial charge in [0.05, 0.1) is 11.7 Å². The first-order chi connectivity index (χ1) is 9.79. The molecule has 1 unspecified atom stereocenters. The minimum absolute atomic E-state index is 0.199. The molecule has 2 aromatic heterocycles. The van der Waals surface area contributed by atoms with Crippen LogP contribution in [0.15, 0.2) is 28.6 Å². The van der Waals surface area contributed by atoms with Crippen LogP contribution in [0.2, 0.25) is 0 Å². The van der Waals surface area contributed by atoms with Gasteiger partial charge in [-0.05, 0) is 30.7 Å². The van der Waals surface area contributed by atoms with Crippen molar-refractivity contribution in [2.45, 2.75) is 38.1 Å². The van der Waals surface area contributed by atoms with Gasteiger partial charge in [-0.25, -0.2) is 13.1 Å². The highest BCUT2D eigenvalue weighted by Crippen LogP contribution is 2.27. The van der Waals surface area contributed by atoms with Crippen molar-refractivity contribution in [3.05, 3.63) is 34.3 Å². The average Bonchev–Trinajstić information content (AvgIpc) is 2.97. The van der Waals surface area contributed by atoms with Gasteiger partial charge in [0.25, 0.3) is 0 Å². The molecule has 1 N–H and O–H groups in total. The highest BCUT2D eigenvalue weighted by molar-refractivity contribution is 7.89. The summed E-state index contributed by atoms with van der Waals surface area (Å²) in [4.78, 5) is 1.28. The Hall–Kier alpha value is -1.18. The van der Waals surface area contributed by atoms with Crippen LogP contribution >= 0.6 is 11.3 Å². The summed E-state index contributed by atoms with van der Waals surface area (Å²) in [6.07, 6.45) is 2.30. The van der Waals surface area contributed by atoms with Crippen molar-refractivity contribution >= 4 is 21.4 Å². The maximum absolute atomic E-state index is 12.6. The Bertz CT molecular complexity index is 688. The van der Waals surface area contributed by atoms with Gasteiger partial charge in [0.15, 0.2) is 0 Å². The van der Waals surface area contributed by atoms with Crippen molar-refractivity contribution in [3.8, 4) is 0 Å². The van der Waals surface area contributed by atoms with E-state index in [0.717, 1.165) is 11.3 Å². The molecule has 116 valence electrons. The van der Waals surface area contributed by atoms with Gasteiger partial charge in [-0.3, -0.25) is 4.68 Å². The van der Waals surface area contributed by atoms with E-state index in [1.165, 1.54) is 4.68 Å². The van der Waals surface area contributed by atoms with E-state index < -0.39 is 10.0 Å². The lowest BCUT2D eigenvalue weighted by atomic mass is 10.0. The lowest BCUT2D eigenvalue weighted by molar-refractivity contribution is 0.476. The molecular weight excluding hydrogens is 306 g/mol. The van der Waals surface area contributed by atoms with Gasteiger partial charge in [0.2, 0.25) is 10.0 Å². The van der Waals surface area contributed by atoms with Crippen LogP contribution in [0, 0.1) is 12.8 Å². The molecule has 1 atom stereocenters. The van der Waals surface area contributed by atoms with Crippen molar-refractivity contribution in [1.29, 1.82) is 0 Å². The molecule has 0 saturated heterocycles. The first-order valence-corrected chi connectivity index (χ1v) is 9.22. The Balaban J connectivity index is 2.29. The predicted octanol–water partition coefficient (Wildman–Crippen LogP) is 2.86. The molecule has 0 aromatic carbocycles. The Kier molecular flexibility index (Phi) is 4.85. The molecule has 2 heterocycles. The number of nitrogens with zero attached hydrogens (tertiary/aromatic N) is 2. The topological polar surface area (TPSA) is 64.0 Å². The van der Waals surface area contributed by atoms with Crippen molar-refractivity contribution in [2.24, 2.45) is 13.0 Å². The van der Waals surface area contributed by atoms with E-state index in [9.17, 15) is 8.42 Å². The molecule has 7 heteroatoms. The third-order valence-corrected chi connectivity index (χ3v) is 5.71. The smallest absolute Gasteiger partial charge is 0.244 e. The van der Waals surface area contributed by atoms with Gasteiger partial charge in [-0.2, -0.15) is 5.10 Å². The molecule has 21 heavy (non-hydrogen) atoms. The highest BCUT2D eigenvalue weighted by atomic mass is 32.2. The molecule has 0 fully saturated rings. The van der Waals surface area contributed by atoms with Crippen molar-refractivity contribution in [3.63, 3.8) is 0 Å². The zero-order valence-electron chi connectivity index (χ0n) is 12.7. The van der Waals surface area contributed by atoms with Crippen LogP contribution in [0.25, 0.3) is 0 Å². The maximum Gasteiger partial charge on any atom is 0.244 e. The van der Waals surface area contributed by atoms with Crippen LogP contribution in [0.1, 0.15) is 36.9 Å². The summed E-state index contributed by atoms with van der Waals surface area (Å²) < 4.78 is 29.5. The predicted molar refractivity (Wildman–Crippen MR) is 84.8 cm³/mol. The van der Waals surface area contributed by atoms with Crippen LogP contribution in [0.4, 0.5) is 0 Å². The van der Waals surface area contributed by atoms with E-state index in [1.54, 1.807) is 31.5 Å². The number of sulfonamides is 1. The summed E-state index contributed by atoms with van der Waals surface area (Å²) in [5.41, 5.74) is 0.513. The standard InChI is InChI=1S/C14H21N3O2S2/c1-10(2)8-12(13-6-5-7-20-13)16-21(18,19)14-9-17(4)15-11(14)3/h5-7,9-10,12,16H,8H2,1-4H3. The quantitative estimate of drug-likeness (QED) is 0.887. The van der Waals surface area contributed by atoms with Crippen molar-refractivity contribution < 1.29 is 8.42 Å². The third kappa shape index (κ3) is 3.93. The summed E-state index contributed by atoms with van der Waals surface area (Å²) >= 11 is 1.57. The second-order valence-corrected chi connectivity index (χ2v) is 8.23. The van der Waals surface area contributed by atoms with Gasteiger partial charge in [-0.15, -0.1) is 11.3 Å². The second kappa shape index (κ2) is 6.29. The number of thiophene rings is 1. The zero-order valence-corrected chi connectivity index (χ0v) is 14.3. The number of nitrogens with one attached hydrogen (secondary N) is 1. The van der Waals surface area contributed by atoms with E-state index in [-0.39, 0.29) is 10.9 Å². The number of aryl methyl sites for hydroxylation is 2. The normalized spacial score (nSPS) is 13.8. The zero-order chi connectivity index (χ0) is 15.6. The maximum atomic E-state index is 12.6. The van der Waals surface area contributed by atoms with Gasteiger partial charge in [0, 0.05) is 18.1 Å². The molecule has 0 aliphatic rings. The number of aromatic nitrogens is 2. The van der Waals surface area contributed by atoms with Crippen molar-refractivity contribution in [2.75, 3.05) is 0 Å². The van der Waals surface area contributed by atoms with Gasteiger partial charge < -0.3 is 0 Å². The molecule has 0 bridgehead atoms. The molecule has 0 spiro atoms. The number of hydrogen-bond acceptors (Lipinski definition) is 4.